The largest absolute Gasteiger partial charge is 0.419 e. The van der Waals surface area contributed by atoms with E-state index < -0.39 is 17.7 Å². The van der Waals surface area contributed by atoms with E-state index in [1.807, 2.05) is 36.4 Å². The molecule has 1 fully saturated rings. The third-order valence-corrected chi connectivity index (χ3v) is 3.88. The molecule has 0 atom stereocenters. The van der Waals surface area contributed by atoms with Crippen LogP contribution in [0.1, 0.15) is 25.0 Å². The van der Waals surface area contributed by atoms with Crippen LogP contribution in [0.4, 0.5) is 5.69 Å². The number of hydrogen-bond donors (Lipinski definition) is 1. The second-order valence-electron chi connectivity index (χ2n) is 6.44. The molecule has 1 aliphatic heterocycles. The van der Waals surface area contributed by atoms with Crippen molar-refractivity contribution >= 4 is 17.6 Å². The summed E-state index contributed by atoms with van der Waals surface area (Å²) in [5.74, 6) is -2.64. The van der Waals surface area contributed by atoms with Gasteiger partial charge in [0.05, 0.1) is 0 Å². The zero-order valence-electron chi connectivity index (χ0n) is 14.7. The van der Waals surface area contributed by atoms with Gasteiger partial charge in [-0.05, 0) is 48.2 Å². The van der Waals surface area contributed by atoms with E-state index in [1.54, 1.807) is 12.4 Å². The summed E-state index contributed by atoms with van der Waals surface area (Å²) in [7, 11) is 0. The number of rotatable bonds is 5. The van der Waals surface area contributed by atoms with E-state index in [-0.39, 0.29) is 5.57 Å². The highest BCUT2D eigenvalue weighted by Gasteiger charge is 2.38. The molecule has 6 heteroatoms. The van der Waals surface area contributed by atoms with Crippen LogP contribution in [0.3, 0.4) is 0 Å². The third kappa shape index (κ3) is 4.47. The molecule has 0 bridgehead atoms. The van der Waals surface area contributed by atoms with Gasteiger partial charge in [-0.15, -0.1) is 0 Å². The Hall–Kier alpha value is -3.15. The van der Waals surface area contributed by atoms with Crippen LogP contribution in [0.2, 0.25) is 0 Å². The van der Waals surface area contributed by atoms with E-state index in [0.29, 0.717) is 0 Å². The Balaban J connectivity index is 1.65. The number of aryl methyl sites for hydroxylation is 2. The number of aromatic nitrogens is 1. The van der Waals surface area contributed by atoms with Crippen LogP contribution in [0.5, 0.6) is 0 Å². The molecule has 0 saturated carbocycles. The molecule has 0 amide bonds. The van der Waals surface area contributed by atoms with Gasteiger partial charge in [-0.3, -0.25) is 4.98 Å². The fraction of sp³-hybridized carbons (Fsp3) is 0.250. The predicted octanol–water partition coefficient (Wildman–Crippen LogP) is 3.00. The van der Waals surface area contributed by atoms with Gasteiger partial charge < -0.3 is 14.8 Å². The summed E-state index contributed by atoms with van der Waals surface area (Å²) in [6.07, 6.45) is 6.66. The van der Waals surface area contributed by atoms with Gasteiger partial charge in [-0.25, -0.2) is 9.59 Å². The molecule has 0 aliphatic carbocycles. The average molecular weight is 352 g/mol. The molecular formula is C20H20N2O4. The topological polar surface area (TPSA) is 77.5 Å². The van der Waals surface area contributed by atoms with Gasteiger partial charge >= 0.3 is 11.9 Å². The van der Waals surface area contributed by atoms with E-state index in [4.69, 9.17) is 9.47 Å². The van der Waals surface area contributed by atoms with Gasteiger partial charge in [0.15, 0.2) is 5.57 Å². The molecule has 1 saturated heterocycles. The minimum absolute atomic E-state index is 0.161. The Bertz CT molecular complexity index is 822. The van der Waals surface area contributed by atoms with Crippen molar-refractivity contribution in [2.45, 2.75) is 32.5 Å². The van der Waals surface area contributed by atoms with Gasteiger partial charge in [0.25, 0.3) is 5.79 Å². The van der Waals surface area contributed by atoms with Gasteiger partial charge in [0.2, 0.25) is 0 Å². The van der Waals surface area contributed by atoms with Crippen LogP contribution in [0.25, 0.3) is 0 Å². The normalized spacial score (nSPS) is 15.8. The van der Waals surface area contributed by atoms with Crippen LogP contribution >= 0.6 is 0 Å². The Kier molecular flexibility index (Phi) is 5.02. The lowest BCUT2D eigenvalue weighted by Crippen LogP contribution is -2.42. The lowest BCUT2D eigenvalue weighted by atomic mass is 10.0. The van der Waals surface area contributed by atoms with Gasteiger partial charge in [-0.1, -0.05) is 12.1 Å². The Morgan fingerprint density at radius 3 is 2.35 bits per heavy atom. The van der Waals surface area contributed by atoms with Crippen LogP contribution in [0.15, 0.2) is 60.6 Å². The molecule has 0 spiro atoms. The van der Waals surface area contributed by atoms with E-state index in [9.17, 15) is 9.59 Å². The van der Waals surface area contributed by atoms with Gasteiger partial charge in [-0.2, -0.15) is 0 Å². The van der Waals surface area contributed by atoms with Crippen LogP contribution in [-0.4, -0.2) is 22.7 Å². The number of ether oxygens (including phenoxy) is 2. The molecule has 1 aliphatic rings. The summed E-state index contributed by atoms with van der Waals surface area (Å²) in [6, 6.07) is 11.8. The summed E-state index contributed by atoms with van der Waals surface area (Å²) in [4.78, 5) is 27.9. The molecule has 2 aromatic rings. The van der Waals surface area contributed by atoms with Crippen molar-refractivity contribution < 1.29 is 19.1 Å². The first-order chi connectivity index (χ1) is 12.4. The number of carbonyl (C=O) groups excluding carboxylic acids is 2. The van der Waals surface area contributed by atoms with E-state index in [2.05, 4.69) is 10.3 Å². The molecule has 3 rings (SSSR count). The van der Waals surface area contributed by atoms with Gasteiger partial charge in [0.1, 0.15) is 0 Å². The van der Waals surface area contributed by atoms with Crippen molar-refractivity contribution in [1.29, 1.82) is 0 Å². The molecule has 134 valence electrons. The highest BCUT2D eigenvalue weighted by Crippen LogP contribution is 2.23. The van der Waals surface area contributed by atoms with Crippen molar-refractivity contribution in [2.24, 2.45) is 0 Å². The van der Waals surface area contributed by atoms with Crippen LogP contribution in [-0.2, 0) is 31.9 Å². The lowest BCUT2D eigenvalue weighted by Gasteiger charge is -2.29. The summed E-state index contributed by atoms with van der Waals surface area (Å²) in [5, 5.41) is 2.97. The summed E-state index contributed by atoms with van der Waals surface area (Å²) in [6.45, 7) is 3.03. The van der Waals surface area contributed by atoms with E-state index in [0.717, 1.165) is 24.1 Å². The number of esters is 2. The zero-order chi connectivity index (χ0) is 18.6. The molecule has 1 aromatic heterocycles. The Labute approximate surface area is 151 Å². The first kappa shape index (κ1) is 17.7. The second-order valence-corrected chi connectivity index (χ2v) is 6.44. The maximum atomic E-state index is 11.9. The van der Waals surface area contributed by atoms with Crippen molar-refractivity contribution in [3.8, 4) is 0 Å². The Morgan fingerprint density at radius 2 is 1.65 bits per heavy atom. The monoisotopic (exact) mass is 352 g/mol. The minimum atomic E-state index is -1.24. The molecule has 26 heavy (non-hydrogen) atoms. The van der Waals surface area contributed by atoms with Crippen LogP contribution in [0, 0.1) is 0 Å². The number of nitrogens with one attached hydrogen (secondary N) is 1. The molecule has 6 nitrogen and oxygen atoms in total. The molecule has 0 unspecified atom stereocenters. The number of benzene rings is 1. The summed E-state index contributed by atoms with van der Waals surface area (Å²) < 4.78 is 10.1. The number of cyclic esters (lactones) is 2. The van der Waals surface area contributed by atoms with Crippen molar-refractivity contribution in [1.82, 2.24) is 4.98 Å². The number of pyridine rings is 1. The maximum absolute atomic E-state index is 11.9. The lowest BCUT2D eigenvalue weighted by molar-refractivity contribution is -0.222. The molecule has 1 aromatic carbocycles. The standard InChI is InChI=1S/C20H20N2O4/c1-20(2)25-18(23)17(19(24)26-20)13-22-16-5-3-4-15(12-16)7-6-14-8-10-21-11-9-14/h3-5,8-13,22H,6-7H2,1-2H3. The number of anilines is 1. The zero-order valence-corrected chi connectivity index (χ0v) is 14.7. The van der Waals surface area contributed by atoms with E-state index >= 15 is 0 Å². The summed E-state index contributed by atoms with van der Waals surface area (Å²) >= 11 is 0. The fourth-order valence-corrected chi connectivity index (χ4v) is 2.59. The first-order valence-corrected chi connectivity index (χ1v) is 8.34. The highest BCUT2D eigenvalue weighted by molar-refractivity contribution is 6.15. The smallest absolute Gasteiger partial charge is 0.350 e. The first-order valence-electron chi connectivity index (χ1n) is 8.34. The van der Waals surface area contributed by atoms with Crippen molar-refractivity contribution in [3.63, 3.8) is 0 Å². The van der Waals surface area contributed by atoms with Crippen molar-refractivity contribution in [2.75, 3.05) is 5.32 Å². The highest BCUT2D eigenvalue weighted by atomic mass is 16.7. The number of carbonyl (C=O) groups is 2. The average Bonchev–Trinajstić information content (AvgIpc) is 2.59. The number of nitrogens with zero attached hydrogens (tertiary/aromatic N) is 1. The minimum Gasteiger partial charge on any atom is -0.419 e. The summed E-state index contributed by atoms with van der Waals surface area (Å²) in [5.41, 5.74) is 2.97. The van der Waals surface area contributed by atoms with E-state index in [1.165, 1.54) is 25.6 Å². The third-order valence-electron chi connectivity index (χ3n) is 3.88. The van der Waals surface area contributed by atoms with Crippen molar-refractivity contribution in [3.05, 3.63) is 71.7 Å². The SMILES string of the molecule is CC1(C)OC(=O)C(=CNc2cccc(CCc3ccncc3)c2)C(=O)O1. The molecule has 0 radical (unpaired) electrons. The van der Waals surface area contributed by atoms with Gasteiger partial charge in [0, 0.05) is 38.1 Å². The Morgan fingerprint density at radius 1 is 1.00 bits per heavy atom. The maximum Gasteiger partial charge on any atom is 0.350 e. The fourth-order valence-electron chi connectivity index (χ4n) is 2.59. The second kappa shape index (κ2) is 7.39. The molecule has 2 heterocycles. The predicted molar refractivity (Wildman–Crippen MR) is 96.1 cm³/mol. The number of hydrogen-bond acceptors (Lipinski definition) is 6. The quantitative estimate of drug-likeness (QED) is 0.506. The van der Waals surface area contributed by atoms with Crippen LogP contribution < -0.4 is 5.32 Å². The molecule has 1 N–H and O–H groups in total. The molecular weight excluding hydrogens is 332 g/mol.